The van der Waals surface area contributed by atoms with Crippen LogP contribution in [-0.2, 0) is 4.74 Å². The molecule has 1 unspecified atom stereocenters. The molecule has 0 bridgehead atoms. The van der Waals surface area contributed by atoms with E-state index in [2.05, 4.69) is 0 Å². The van der Waals surface area contributed by atoms with E-state index in [0.717, 1.165) is 12.1 Å². The second-order valence-electron chi connectivity index (χ2n) is 6.08. The van der Waals surface area contributed by atoms with E-state index >= 15 is 0 Å². The Hall–Kier alpha value is -2.58. The number of phenols is 1. The molecule has 0 aliphatic heterocycles. The van der Waals surface area contributed by atoms with Crippen molar-refractivity contribution in [2.75, 3.05) is 40.6 Å². The molecule has 27 heavy (non-hydrogen) atoms. The maximum atomic E-state index is 13.8. The number of benzene rings is 2. The van der Waals surface area contributed by atoms with Crippen LogP contribution in [0.2, 0.25) is 0 Å². The van der Waals surface area contributed by atoms with Gasteiger partial charge in [-0.3, -0.25) is 0 Å². The van der Waals surface area contributed by atoms with Gasteiger partial charge in [0, 0.05) is 19.2 Å². The van der Waals surface area contributed by atoms with Gasteiger partial charge < -0.3 is 29.2 Å². The van der Waals surface area contributed by atoms with Crippen molar-refractivity contribution in [3.8, 4) is 23.0 Å². The molecule has 0 saturated carbocycles. The van der Waals surface area contributed by atoms with Crippen LogP contribution in [0, 0.1) is 17.0 Å². The summed E-state index contributed by atoms with van der Waals surface area (Å²) >= 11 is 0. The summed E-state index contributed by atoms with van der Waals surface area (Å²) in [5.74, 6) is -1.37. The third kappa shape index (κ3) is 5.45. The fraction of sp³-hybridized carbons (Fsp3) is 0.368. The van der Waals surface area contributed by atoms with Gasteiger partial charge in [-0.05, 0) is 24.3 Å². The number of hydrogen-bond acceptors (Lipinski definition) is 6. The molecule has 0 spiro atoms. The first kappa shape index (κ1) is 20.7. The maximum Gasteiger partial charge on any atom is 0.168 e. The first-order valence-corrected chi connectivity index (χ1v) is 8.10. The maximum absolute atomic E-state index is 13.8. The lowest BCUT2D eigenvalue weighted by molar-refractivity contribution is -0.0329. The van der Waals surface area contributed by atoms with E-state index in [1.807, 2.05) is 0 Å². The van der Waals surface area contributed by atoms with Gasteiger partial charge >= 0.3 is 0 Å². The van der Waals surface area contributed by atoms with E-state index < -0.39 is 22.8 Å². The largest absolute Gasteiger partial charge is 0.505 e. The monoisotopic (exact) mass is 384 g/mol. The predicted molar refractivity (Wildman–Crippen MR) is 93.4 cm³/mol. The molecule has 0 aliphatic rings. The number of methoxy groups -OCH3 is 2. The third-order valence-corrected chi connectivity index (χ3v) is 3.92. The van der Waals surface area contributed by atoms with Gasteiger partial charge in [-0.2, -0.15) is 0 Å². The van der Waals surface area contributed by atoms with Crippen LogP contribution in [0.4, 0.5) is 8.78 Å². The van der Waals surface area contributed by atoms with Gasteiger partial charge in [0.1, 0.15) is 24.7 Å². The molecule has 0 aliphatic carbocycles. The minimum absolute atomic E-state index is 0.0380. The zero-order valence-corrected chi connectivity index (χ0v) is 15.1. The van der Waals surface area contributed by atoms with Crippen molar-refractivity contribution in [2.45, 2.75) is 0 Å². The smallest absolute Gasteiger partial charge is 0.168 e. The molecule has 2 aromatic carbocycles. The molecule has 0 saturated heterocycles. The molecule has 6 nitrogen and oxygen atoms in total. The number of aliphatic hydroxyl groups is 1. The Bertz CT molecular complexity index is 755. The Labute approximate surface area is 155 Å². The Balaban J connectivity index is 2.07. The van der Waals surface area contributed by atoms with Crippen molar-refractivity contribution < 1.29 is 37.9 Å². The number of hydrogen-bond donors (Lipinski definition) is 2. The van der Waals surface area contributed by atoms with Crippen LogP contribution in [0.25, 0.3) is 0 Å². The lowest BCUT2D eigenvalue weighted by Crippen LogP contribution is -2.42. The Morgan fingerprint density at radius 1 is 0.889 bits per heavy atom. The van der Waals surface area contributed by atoms with Crippen molar-refractivity contribution in [2.24, 2.45) is 5.41 Å². The quantitative estimate of drug-likeness (QED) is 0.656. The number of ether oxygens (including phenoxy) is 4. The molecule has 0 heterocycles. The molecular weight excluding hydrogens is 362 g/mol. The lowest BCUT2D eigenvalue weighted by atomic mass is 9.92. The number of aliphatic hydroxyl groups excluding tert-OH is 1. The zero-order valence-electron chi connectivity index (χ0n) is 15.1. The Morgan fingerprint density at radius 3 is 1.96 bits per heavy atom. The highest BCUT2D eigenvalue weighted by atomic mass is 19.1. The second-order valence-corrected chi connectivity index (χ2v) is 6.08. The predicted octanol–water partition coefficient (Wildman–Crippen LogP) is 2.76. The Morgan fingerprint density at radius 2 is 1.48 bits per heavy atom. The molecule has 2 rings (SSSR count). The van der Waals surface area contributed by atoms with Gasteiger partial charge in [-0.15, -0.1) is 0 Å². The van der Waals surface area contributed by atoms with E-state index in [4.69, 9.17) is 18.9 Å². The van der Waals surface area contributed by atoms with E-state index in [1.165, 1.54) is 38.5 Å². The van der Waals surface area contributed by atoms with Crippen LogP contribution in [0.1, 0.15) is 0 Å². The van der Waals surface area contributed by atoms with Gasteiger partial charge in [0.25, 0.3) is 0 Å². The van der Waals surface area contributed by atoms with Crippen LogP contribution >= 0.6 is 0 Å². The van der Waals surface area contributed by atoms with E-state index in [-0.39, 0.29) is 43.7 Å². The van der Waals surface area contributed by atoms with Gasteiger partial charge in [0.2, 0.25) is 0 Å². The molecule has 2 aromatic rings. The summed E-state index contributed by atoms with van der Waals surface area (Å²) in [4.78, 5) is 0. The van der Waals surface area contributed by atoms with Gasteiger partial charge in [0.15, 0.2) is 23.1 Å². The third-order valence-electron chi connectivity index (χ3n) is 3.92. The highest BCUT2D eigenvalue weighted by Crippen LogP contribution is 2.27. The molecule has 0 aromatic heterocycles. The summed E-state index contributed by atoms with van der Waals surface area (Å²) in [6.07, 6.45) is 0. The summed E-state index contributed by atoms with van der Waals surface area (Å²) < 4.78 is 48.3. The molecule has 0 radical (unpaired) electrons. The van der Waals surface area contributed by atoms with Gasteiger partial charge in [0.05, 0.1) is 25.7 Å². The zero-order chi connectivity index (χ0) is 19.9. The topological polar surface area (TPSA) is 77.4 Å². The average molecular weight is 384 g/mol. The number of phenolic OH excluding ortho intramolecular Hbond substituents is 1. The van der Waals surface area contributed by atoms with Crippen LogP contribution in [0.3, 0.4) is 0 Å². The average Bonchev–Trinajstić information content (AvgIpc) is 2.67. The van der Waals surface area contributed by atoms with Crippen molar-refractivity contribution in [1.29, 1.82) is 0 Å². The summed E-state index contributed by atoms with van der Waals surface area (Å²) in [6, 6.07) is 7.73. The fourth-order valence-electron chi connectivity index (χ4n) is 2.36. The highest BCUT2D eigenvalue weighted by Gasteiger charge is 2.32. The van der Waals surface area contributed by atoms with Gasteiger partial charge in [-0.1, -0.05) is 0 Å². The van der Waals surface area contributed by atoms with E-state index in [1.54, 1.807) is 0 Å². The van der Waals surface area contributed by atoms with Crippen LogP contribution in [0.15, 0.2) is 36.4 Å². The summed E-state index contributed by atoms with van der Waals surface area (Å²) in [5.41, 5.74) is -0.973. The fourth-order valence-corrected chi connectivity index (χ4v) is 2.36. The van der Waals surface area contributed by atoms with Crippen molar-refractivity contribution in [3.63, 3.8) is 0 Å². The number of halogens is 2. The van der Waals surface area contributed by atoms with E-state index in [9.17, 15) is 19.0 Å². The van der Waals surface area contributed by atoms with Crippen LogP contribution < -0.4 is 14.2 Å². The van der Waals surface area contributed by atoms with Crippen molar-refractivity contribution in [1.82, 2.24) is 0 Å². The molecule has 0 amide bonds. The summed E-state index contributed by atoms with van der Waals surface area (Å²) in [6.45, 7) is -0.355. The van der Waals surface area contributed by atoms with Crippen molar-refractivity contribution >= 4 is 0 Å². The minimum atomic E-state index is -0.973. The number of aromatic hydroxyl groups is 1. The Kier molecular flexibility index (Phi) is 7.20. The summed E-state index contributed by atoms with van der Waals surface area (Å²) in [5, 5.41) is 19.1. The van der Waals surface area contributed by atoms with E-state index in [0.29, 0.717) is 0 Å². The van der Waals surface area contributed by atoms with Crippen LogP contribution in [0.5, 0.6) is 23.0 Å². The normalized spacial score (nSPS) is 13.1. The molecule has 2 N–H and O–H groups in total. The minimum Gasteiger partial charge on any atom is -0.505 e. The van der Waals surface area contributed by atoms with Crippen LogP contribution in [-0.4, -0.2) is 50.9 Å². The first-order chi connectivity index (χ1) is 12.9. The number of rotatable bonds is 10. The lowest BCUT2D eigenvalue weighted by Gasteiger charge is -2.30. The molecule has 0 fully saturated rings. The van der Waals surface area contributed by atoms with Gasteiger partial charge in [-0.25, -0.2) is 8.78 Å². The molecule has 8 heteroatoms. The summed E-state index contributed by atoms with van der Waals surface area (Å²) in [7, 11) is 2.81. The molecular formula is C19H22F2O6. The molecule has 148 valence electrons. The molecule has 1 atom stereocenters. The highest BCUT2D eigenvalue weighted by molar-refractivity contribution is 5.33. The first-order valence-electron chi connectivity index (χ1n) is 8.10. The second kappa shape index (κ2) is 9.38. The SMILES string of the molecule is COCC(CO)(COc1ccc(O)c(F)c1)COc1ccc(OC)c(F)c1. The van der Waals surface area contributed by atoms with Crippen molar-refractivity contribution in [3.05, 3.63) is 48.0 Å². The standard InChI is InChI=1S/C19H22F2O6/c1-24-10-19(9-22,11-26-13-3-5-17(23)15(20)7-13)12-27-14-4-6-18(25-2)16(21)8-14/h3-8,22-23H,9-12H2,1-2H3.